The van der Waals surface area contributed by atoms with Gasteiger partial charge in [0.1, 0.15) is 25.1 Å². The zero-order chi connectivity index (χ0) is 26.2. The number of hydrogen-bond acceptors (Lipinski definition) is 8. The molecule has 2 aliphatic rings. The molecule has 1 amide bonds. The number of fused-ring (bicyclic) bond motifs is 4. The average molecular weight is 515 g/mol. The van der Waals surface area contributed by atoms with Gasteiger partial charge < -0.3 is 29.8 Å². The van der Waals surface area contributed by atoms with Crippen LogP contribution in [0.4, 0.5) is 10.6 Å². The van der Waals surface area contributed by atoms with Crippen molar-refractivity contribution in [2.45, 2.75) is 24.4 Å². The average Bonchev–Trinajstić information content (AvgIpc) is 3.62. The molecular formula is C27H26N6O5. The largest absolute Gasteiger partial charge is 0.480 e. The fraction of sp³-hybridized carbons (Fsp3) is 0.296. The van der Waals surface area contributed by atoms with Crippen molar-refractivity contribution >= 4 is 29.0 Å². The zero-order valence-corrected chi connectivity index (χ0v) is 20.4. The van der Waals surface area contributed by atoms with Crippen molar-refractivity contribution in [2.75, 3.05) is 32.1 Å². The molecule has 0 saturated carbocycles. The van der Waals surface area contributed by atoms with E-state index < -0.39 is 18.7 Å². The molecule has 11 nitrogen and oxygen atoms in total. The fourth-order valence-corrected chi connectivity index (χ4v) is 5.57. The highest BCUT2D eigenvalue weighted by Crippen LogP contribution is 2.44. The summed E-state index contributed by atoms with van der Waals surface area (Å²) in [5.41, 5.74) is 11.6. The number of nitrogens with two attached hydrogens (primary N) is 1. The number of rotatable bonds is 7. The molecule has 11 heteroatoms. The molecule has 38 heavy (non-hydrogen) atoms. The summed E-state index contributed by atoms with van der Waals surface area (Å²) in [5.74, 6) is -0.856. The topological polar surface area (TPSA) is 146 Å². The van der Waals surface area contributed by atoms with E-state index in [0.29, 0.717) is 24.1 Å². The predicted molar refractivity (Wildman–Crippen MR) is 137 cm³/mol. The van der Waals surface area contributed by atoms with E-state index in [4.69, 9.17) is 20.3 Å². The maximum atomic E-state index is 13.4. The minimum absolute atomic E-state index is 0.0660. The Bertz CT molecular complexity index is 1480. The van der Waals surface area contributed by atoms with Gasteiger partial charge in [0.2, 0.25) is 0 Å². The summed E-state index contributed by atoms with van der Waals surface area (Å²) >= 11 is 0. The molecule has 0 spiro atoms. The molecule has 1 aliphatic carbocycles. The van der Waals surface area contributed by atoms with Crippen LogP contribution in [0.1, 0.15) is 29.5 Å². The second kappa shape index (κ2) is 9.75. The number of hydrogen-bond donors (Lipinski definition) is 2. The molecule has 0 unspecified atom stereocenters. The number of anilines is 1. The Morgan fingerprint density at radius 1 is 1.00 bits per heavy atom. The normalized spacial score (nSPS) is 18.5. The van der Waals surface area contributed by atoms with Gasteiger partial charge in [0.15, 0.2) is 11.5 Å². The lowest BCUT2D eigenvalue weighted by Gasteiger charge is -2.24. The van der Waals surface area contributed by atoms with E-state index in [-0.39, 0.29) is 37.0 Å². The van der Waals surface area contributed by atoms with Crippen LogP contribution in [0.25, 0.3) is 22.3 Å². The first-order valence-electron chi connectivity index (χ1n) is 12.4. The second-order valence-corrected chi connectivity index (χ2v) is 9.49. The molecule has 2 aromatic carbocycles. The van der Waals surface area contributed by atoms with Crippen molar-refractivity contribution in [1.29, 1.82) is 0 Å². The SMILES string of the molecule is Nc1ncnc2c1ncn2[C@@H]1C[C@@H](COCC(=O)O)N(C(=O)OCC2c3ccccc3-c3ccccc32)C1. The second-order valence-electron chi connectivity index (χ2n) is 9.49. The number of imidazole rings is 1. The van der Waals surface area contributed by atoms with Gasteiger partial charge in [0.25, 0.3) is 0 Å². The third-order valence-electron chi connectivity index (χ3n) is 7.28. The van der Waals surface area contributed by atoms with Crippen LogP contribution in [0, 0.1) is 0 Å². The Morgan fingerprint density at radius 2 is 1.71 bits per heavy atom. The number of amides is 1. The number of carboxylic acids is 1. The van der Waals surface area contributed by atoms with Crippen molar-refractivity contribution in [3.8, 4) is 11.1 Å². The van der Waals surface area contributed by atoms with E-state index in [1.54, 1.807) is 11.2 Å². The van der Waals surface area contributed by atoms with E-state index in [1.165, 1.54) is 6.33 Å². The van der Waals surface area contributed by atoms with Crippen LogP contribution in [-0.4, -0.2) is 74.0 Å². The molecule has 1 aliphatic heterocycles. The summed E-state index contributed by atoms with van der Waals surface area (Å²) < 4.78 is 13.2. The Labute approximate surface area is 217 Å². The van der Waals surface area contributed by atoms with Crippen LogP contribution in [0.2, 0.25) is 0 Å². The number of ether oxygens (including phenoxy) is 2. The Hall–Kier alpha value is -4.51. The number of aliphatic carboxylic acids is 1. The number of nitrogens with zero attached hydrogens (tertiary/aromatic N) is 5. The van der Waals surface area contributed by atoms with Crippen molar-refractivity contribution < 1.29 is 24.2 Å². The van der Waals surface area contributed by atoms with Crippen LogP contribution in [0.3, 0.4) is 0 Å². The lowest BCUT2D eigenvalue weighted by molar-refractivity contribution is -0.142. The van der Waals surface area contributed by atoms with Gasteiger partial charge in [-0.1, -0.05) is 48.5 Å². The zero-order valence-electron chi connectivity index (χ0n) is 20.4. The highest BCUT2D eigenvalue weighted by atomic mass is 16.6. The molecule has 2 aromatic heterocycles. The van der Waals surface area contributed by atoms with Crippen molar-refractivity contribution in [1.82, 2.24) is 24.4 Å². The molecule has 0 radical (unpaired) electrons. The minimum atomic E-state index is -1.07. The van der Waals surface area contributed by atoms with Crippen LogP contribution in [-0.2, 0) is 14.3 Å². The van der Waals surface area contributed by atoms with Gasteiger partial charge in [-0.3, -0.25) is 0 Å². The van der Waals surface area contributed by atoms with Gasteiger partial charge in [0.05, 0.1) is 25.0 Å². The van der Waals surface area contributed by atoms with E-state index in [0.717, 1.165) is 22.3 Å². The molecule has 6 rings (SSSR count). The molecule has 194 valence electrons. The predicted octanol–water partition coefficient (Wildman–Crippen LogP) is 3.07. The number of carbonyl (C=O) groups is 2. The molecule has 4 aromatic rings. The highest BCUT2D eigenvalue weighted by molar-refractivity contribution is 5.81. The number of benzene rings is 2. The Morgan fingerprint density at radius 3 is 2.42 bits per heavy atom. The molecule has 3 N–H and O–H groups in total. The van der Waals surface area contributed by atoms with Gasteiger partial charge >= 0.3 is 12.1 Å². The first kappa shape index (κ1) is 23.9. The highest BCUT2D eigenvalue weighted by Gasteiger charge is 2.39. The van der Waals surface area contributed by atoms with Gasteiger partial charge in [-0.05, 0) is 28.7 Å². The molecule has 0 bridgehead atoms. The van der Waals surface area contributed by atoms with Crippen molar-refractivity contribution in [2.24, 2.45) is 0 Å². The summed E-state index contributed by atoms with van der Waals surface area (Å²) in [7, 11) is 0. The van der Waals surface area contributed by atoms with E-state index >= 15 is 0 Å². The van der Waals surface area contributed by atoms with Crippen LogP contribution in [0.5, 0.6) is 0 Å². The standard InChI is InChI=1S/C27H26N6O5/c28-25-24-26(30-14-29-25)33(15-31-24)16-9-17(11-37-13-23(34)35)32(10-16)27(36)38-12-22-20-7-3-1-5-18(20)19-6-2-4-8-21(19)22/h1-8,14-17,22H,9-13H2,(H,34,35)(H2,28,29,30)/t16-,17+/m1/s1. The lowest BCUT2D eigenvalue weighted by atomic mass is 9.98. The van der Waals surface area contributed by atoms with Gasteiger partial charge in [-0.25, -0.2) is 24.5 Å². The first-order chi connectivity index (χ1) is 18.5. The number of aromatic nitrogens is 4. The number of nitrogen functional groups attached to an aromatic ring is 1. The summed E-state index contributed by atoms with van der Waals surface area (Å²) in [6.07, 6.45) is 3.05. The fourth-order valence-electron chi connectivity index (χ4n) is 5.57. The number of likely N-dealkylation sites (tertiary alicyclic amines) is 1. The van der Waals surface area contributed by atoms with Crippen LogP contribution >= 0.6 is 0 Å². The minimum Gasteiger partial charge on any atom is -0.480 e. The van der Waals surface area contributed by atoms with Gasteiger partial charge in [0, 0.05) is 12.5 Å². The maximum absolute atomic E-state index is 13.4. The van der Waals surface area contributed by atoms with Crippen LogP contribution < -0.4 is 5.73 Å². The maximum Gasteiger partial charge on any atom is 0.410 e. The first-order valence-corrected chi connectivity index (χ1v) is 12.4. The summed E-state index contributed by atoms with van der Waals surface area (Å²) in [6, 6.07) is 15.8. The third kappa shape index (κ3) is 4.20. The number of carboxylic acid groups (broad SMARTS) is 1. The smallest absolute Gasteiger partial charge is 0.410 e. The van der Waals surface area contributed by atoms with E-state index in [1.807, 2.05) is 28.8 Å². The molecule has 1 saturated heterocycles. The summed E-state index contributed by atoms with van der Waals surface area (Å²) in [6.45, 7) is 0.135. The van der Waals surface area contributed by atoms with Gasteiger partial charge in [-0.2, -0.15) is 0 Å². The molecule has 3 heterocycles. The number of carbonyl (C=O) groups excluding carboxylic acids is 1. The molecule has 1 fully saturated rings. The molecular weight excluding hydrogens is 488 g/mol. The third-order valence-corrected chi connectivity index (χ3v) is 7.28. The van der Waals surface area contributed by atoms with Crippen molar-refractivity contribution in [3.05, 3.63) is 72.3 Å². The van der Waals surface area contributed by atoms with Gasteiger partial charge in [-0.15, -0.1) is 0 Å². The summed E-state index contributed by atoms with van der Waals surface area (Å²) in [4.78, 5) is 38.7. The van der Waals surface area contributed by atoms with Crippen LogP contribution in [0.15, 0.2) is 61.2 Å². The Balaban J connectivity index is 1.22. The van der Waals surface area contributed by atoms with E-state index in [9.17, 15) is 9.59 Å². The lowest BCUT2D eigenvalue weighted by Crippen LogP contribution is -2.39. The quantitative estimate of drug-likeness (QED) is 0.380. The van der Waals surface area contributed by atoms with E-state index in [2.05, 4.69) is 39.2 Å². The monoisotopic (exact) mass is 514 g/mol. The summed E-state index contributed by atoms with van der Waals surface area (Å²) in [5, 5.41) is 9.01. The van der Waals surface area contributed by atoms with Crippen molar-refractivity contribution in [3.63, 3.8) is 0 Å². The molecule has 2 atom stereocenters. The Kier molecular flexibility index (Phi) is 6.12.